The van der Waals surface area contributed by atoms with Crippen LogP contribution in [0.15, 0.2) is 36.7 Å². The predicted octanol–water partition coefficient (Wildman–Crippen LogP) is 3.03. The normalized spacial score (nSPS) is 17.6. The Kier molecular flexibility index (Phi) is 2.37. The summed E-state index contributed by atoms with van der Waals surface area (Å²) in [5, 5.41) is 2.44. The van der Waals surface area contributed by atoms with Crippen molar-refractivity contribution in [2.24, 2.45) is 11.7 Å². The van der Waals surface area contributed by atoms with Gasteiger partial charge in [0.2, 0.25) is 0 Å². The van der Waals surface area contributed by atoms with Crippen LogP contribution in [0, 0.1) is 5.92 Å². The zero-order valence-corrected chi connectivity index (χ0v) is 9.26. The molecule has 82 valence electrons. The third-order valence-electron chi connectivity index (χ3n) is 3.40. The number of fused-ring (bicyclic) bond motifs is 1. The molecule has 0 spiro atoms. The fourth-order valence-electron chi connectivity index (χ4n) is 2.31. The second-order valence-electron chi connectivity index (χ2n) is 4.73. The summed E-state index contributed by atoms with van der Waals surface area (Å²) in [5.41, 5.74) is 7.55. The molecule has 2 aromatic rings. The van der Waals surface area contributed by atoms with Gasteiger partial charge in [0.25, 0.3) is 0 Å². The first-order valence-corrected chi connectivity index (χ1v) is 5.93. The van der Waals surface area contributed by atoms with Gasteiger partial charge in [-0.15, -0.1) is 0 Å². The molecule has 1 aliphatic rings. The highest BCUT2D eigenvalue weighted by Crippen LogP contribution is 2.37. The predicted molar refractivity (Wildman–Crippen MR) is 66.0 cm³/mol. The SMILES string of the molecule is NC(CC1CC1)c1cccc2cnccc12. The number of rotatable bonds is 3. The lowest BCUT2D eigenvalue weighted by Crippen LogP contribution is -2.11. The standard InChI is InChI=1S/C14H16N2/c15-14(8-10-4-5-10)13-3-1-2-11-9-16-7-6-12(11)13/h1-3,6-7,9-10,14H,4-5,8,15H2. The van der Waals surface area contributed by atoms with Crippen molar-refractivity contribution in [1.82, 2.24) is 4.98 Å². The van der Waals surface area contributed by atoms with Gasteiger partial charge in [-0.1, -0.05) is 31.0 Å². The highest BCUT2D eigenvalue weighted by Gasteiger charge is 2.24. The number of pyridine rings is 1. The van der Waals surface area contributed by atoms with Crippen LogP contribution in [0.3, 0.4) is 0 Å². The number of hydrogen-bond acceptors (Lipinski definition) is 2. The van der Waals surface area contributed by atoms with E-state index in [9.17, 15) is 0 Å². The summed E-state index contributed by atoms with van der Waals surface area (Å²) in [5.74, 6) is 0.868. The molecular weight excluding hydrogens is 196 g/mol. The summed E-state index contributed by atoms with van der Waals surface area (Å²) < 4.78 is 0. The summed E-state index contributed by atoms with van der Waals surface area (Å²) in [7, 11) is 0. The van der Waals surface area contributed by atoms with Crippen molar-refractivity contribution < 1.29 is 0 Å². The largest absolute Gasteiger partial charge is 0.324 e. The minimum atomic E-state index is 0.179. The topological polar surface area (TPSA) is 38.9 Å². The fraction of sp³-hybridized carbons (Fsp3) is 0.357. The van der Waals surface area contributed by atoms with Crippen molar-refractivity contribution in [3.63, 3.8) is 0 Å². The Morgan fingerprint density at radius 3 is 3.00 bits per heavy atom. The molecule has 1 atom stereocenters. The van der Waals surface area contributed by atoms with Crippen molar-refractivity contribution in [3.8, 4) is 0 Å². The molecule has 2 heteroatoms. The van der Waals surface area contributed by atoms with E-state index in [1.54, 1.807) is 0 Å². The first-order valence-electron chi connectivity index (χ1n) is 5.93. The average molecular weight is 212 g/mol. The lowest BCUT2D eigenvalue weighted by atomic mass is 9.97. The third-order valence-corrected chi connectivity index (χ3v) is 3.40. The summed E-state index contributed by atoms with van der Waals surface area (Å²) in [6, 6.07) is 8.56. The van der Waals surface area contributed by atoms with Gasteiger partial charge in [0, 0.05) is 23.8 Å². The molecule has 0 bridgehead atoms. The van der Waals surface area contributed by atoms with Crippen molar-refractivity contribution in [2.45, 2.75) is 25.3 Å². The number of nitrogens with two attached hydrogens (primary N) is 1. The van der Waals surface area contributed by atoms with Crippen LogP contribution in [-0.4, -0.2) is 4.98 Å². The van der Waals surface area contributed by atoms with Gasteiger partial charge >= 0.3 is 0 Å². The Morgan fingerprint density at radius 2 is 2.19 bits per heavy atom. The van der Waals surface area contributed by atoms with Crippen molar-refractivity contribution >= 4 is 10.8 Å². The highest BCUT2D eigenvalue weighted by atomic mass is 14.6. The van der Waals surface area contributed by atoms with E-state index in [2.05, 4.69) is 29.2 Å². The zero-order valence-electron chi connectivity index (χ0n) is 9.26. The molecule has 1 aromatic carbocycles. The maximum atomic E-state index is 6.28. The van der Waals surface area contributed by atoms with Gasteiger partial charge in [0.15, 0.2) is 0 Å². The lowest BCUT2D eigenvalue weighted by Gasteiger charge is -2.14. The third kappa shape index (κ3) is 1.81. The molecule has 16 heavy (non-hydrogen) atoms. The van der Waals surface area contributed by atoms with Gasteiger partial charge in [-0.25, -0.2) is 0 Å². The summed E-state index contributed by atoms with van der Waals surface area (Å²) >= 11 is 0. The molecule has 1 aliphatic carbocycles. The molecule has 0 aliphatic heterocycles. The Hall–Kier alpha value is -1.41. The van der Waals surface area contributed by atoms with Crippen molar-refractivity contribution in [1.29, 1.82) is 0 Å². The fourth-order valence-corrected chi connectivity index (χ4v) is 2.31. The van der Waals surface area contributed by atoms with Crippen molar-refractivity contribution in [2.75, 3.05) is 0 Å². The van der Waals surface area contributed by atoms with Crippen LogP contribution in [0.1, 0.15) is 30.9 Å². The van der Waals surface area contributed by atoms with Crippen LogP contribution in [-0.2, 0) is 0 Å². The van der Waals surface area contributed by atoms with E-state index in [0.29, 0.717) is 0 Å². The van der Waals surface area contributed by atoms with Crippen LogP contribution in [0.5, 0.6) is 0 Å². The van der Waals surface area contributed by atoms with E-state index in [0.717, 1.165) is 12.3 Å². The monoisotopic (exact) mass is 212 g/mol. The molecule has 1 heterocycles. The van der Waals surface area contributed by atoms with Crippen molar-refractivity contribution in [3.05, 3.63) is 42.2 Å². The van der Waals surface area contributed by atoms with Crippen LogP contribution in [0.2, 0.25) is 0 Å². The number of aromatic nitrogens is 1. The van der Waals surface area contributed by atoms with Gasteiger partial charge in [0.1, 0.15) is 0 Å². The maximum Gasteiger partial charge on any atom is 0.0346 e. The molecule has 1 saturated carbocycles. The zero-order chi connectivity index (χ0) is 11.0. The molecule has 3 rings (SSSR count). The summed E-state index contributed by atoms with van der Waals surface area (Å²) in [6.45, 7) is 0. The van der Waals surface area contributed by atoms with Gasteiger partial charge in [-0.05, 0) is 29.4 Å². The Labute approximate surface area is 95.5 Å². The van der Waals surface area contributed by atoms with Gasteiger partial charge in [-0.3, -0.25) is 4.98 Å². The Bertz CT molecular complexity index is 498. The smallest absolute Gasteiger partial charge is 0.0346 e. The summed E-state index contributed by atoms with van der Waals surface area (Å²) in [4.78, 5) is 4.15. The molecule has 0 amide bonds. The molecule has 0 saturated heterocycles. The van der Waals surface area contributed by atoms with E-state index in [1.807, 2.05) is 12.4 Å². The van der Waals surface area contributed by atoms with Crippen LogP contribution in [0.25, 0.3) is 10.8 Å². The first kappa shape index (κ1) is 9.79. The Morgan fingerprint density at radius 1 is 1.31 bits per heavy atom. The van der Waals surface area contributed by atoms with Gasteiger partial charge in [0.05, 0.1) is 0 Å². The maximum absolute atomic E-state index is 6.28. The van der Waals surface area contributed by atoms with Gasteiger partial charge < -0.3 is 5.73 Å². The molecule has 2 nitrogen and oxygen atoms in total. The van der Waals surface area contributed by atoms with Crippen LogP contribution in [0.4, 0.5) is 0 Å². The lowest BCUT2D eigenvalue weighted by molar-refractivity contribution is 0.600. The highest BCUT2D eigenvalue weighted by molar-refractivity contribution is 5.85. The van der Waals surface area contributed by atoms with E-state index in [1.165, 1.54) is 29.2 Å². The van der Waals surface area contributed by atoms with E-state index in [4.69, 9.17) is 5.73 Å². The quantitative estimate of drug-likeness (QED) is 0.849. The number of hydrogen-bond donors (Lipinski definition) is 1. The molecule has 1 aromatic heterocycles. The second kappa shape index (κ2) is 3.87. The molecule has 0 radical (unpaired) electrons. The molecule has 1 fully saturated rings. The first-order chi connectivity index (χ1) is 7.84. The minimum absolute atomic E-state index is 0.179. The van der Waals surface area contributed by atoms with E-state index in [-0.39, 0.29) is 6.04 Å². The van der Waals surface area contributed by atoms with Crippen LogP contribution < -0.4 is 5.73 Å². The molecule has 2 N–H and O–H groups in total. The van der Waals surface area contributed by atoms with E-state index < -0.39 is 0 Å². The van der Waals surface area contributed by atoms with Crippen LogP contribution >= 0.6 is 0 Å². The van der Waals surface area contributed by atoms with Gasteiger partial charge in [-0.2, -0.15) is 0 Å². The number of benzene rings is 1. The molecular formula is C14H16N2. The van der Waals surface area contributed by atoms with E-state index >= 15 is 0 Å². The minimum Gasteiger partial charge on any atom is -0.324 e. The average Bonchev–Trinajstić information content (AvgIpc) is 3.12. The number of nitrogens with zero attached hydrogens (tertiary/aromatic N) is 1. The summed E-state index contributed by atoms with van der Waals surface area (Å²) in [6.07, 6.45) is 7.60. The molecule has 1 unspecified atom stereocenters. The Balaban J connectivity index is 2.00. The second-order valence-corrected chi connectivity index (χ2v) is 4.73.